The van der Waals surface area contributed by atoms with Crippen LogP contribution in [0, 0.1) is 0 Å². The number of para-hydroxylation sites is 1. The molecule has 0 saturated heterocycles. The summed E-state index contributed by atoms with van der Waals surface area (Å²) in [4.78, 5) is 15.8. The molecule has 0 unspecified atom stereocenters. The quantitative estimate of drug-likeness (QED) is 0.769. The maximum absolute atomic E-state index is 12.8. The number of thioether (sulfide) groups is 1. The van der Waals surface area contributed by atoms with E-state index in [4.69, 9.17) is 9.47 Å². The molecule has 1 aliphatic heterocycles. The van der Waals surface area contributed by atoms with Gasteiger partial charge in [-0.2, -0.15) is 0 Å². The fourth-order valence-corrected chi connectivity index (χ4v) is 3.77. The van der Waals surface area contributed by atoms with Crippen molar-refractivity contribution >= 4 is 29.4 Å². The molecule has 130 valence electrons. The van der Waals surface area contributed by atoms with Crippen LogP contribution in [0.15, 0.2) is 53.4 Å². The van der Waals surface area contributed by atoms with Crippen LogP contribution >= 0.6 is 11.8 Å². The van der Waals surface area contributed by atoms with Gasteiger partial charge < -0.3 is 14.4 Å². The van der Waals surface area contributed by atoms with E-state index >= 15 is 0 Å². The lowest BCUT2D eigenvalue weighted by Gasteiger charge is -2.20. The standard InChI is InChI=1S/C20H21NO3S/c1-23-16-9-10-18(24-2)15(14-16)8-11-20(22)21-12-5-13-25-19-7-4-3-6-17(19)21/h3-4,6-11,14H,5,12-13H2,1-2H3/b11-8+. The maximum atomic E-state index is 12.8. The lowest BCUT2D eigenvalue weighted by molar-refractivity contribution is -0.114. The lowest BCUT2D eigenvalue weighted by Crippen LogP contribution is -2.30. The number of methoxy groups -OCH3 is 2. The van der Waals surface area contributed by atoms with E-state index in [9.17, 15) is 4.79 Å². The Kier molecular flexibility index (Phi) is 5.66. The fourth-order valence-electron chi connectivity index (χ4n) is 2.78. The largest absolute Gasteiger partial charge is 0.497 e. The number of rotatable bonds is 4. The molecule has 0 atom stereocenters. The smallest absolute Gasteiger partial charge is 0.251 e. The first-order valence-electron chi connectivity index (χ1n) is 8.16. The van der Waals surface area contributed by atoms with Gasteiger partial charge in [0.15, 0.2) is 0 Å². The van der Waals surface area contributed by atoms with Gasteiger partial charge in [0.05, 0.1) is 19.9 Å². The van der Waals surface area contributed by atoms with Gasteiger partial charge in [-0.1, -0.05) is 12.1 Å². The van der Waals surface area contributed by atoms with Gasteiger partial charge in [-0.05, 0) is 48.6 Å². The monoisotopic (exact) mass is 355 g/mol. The number of fused-ring (bicyclic) bond motifs is 1. The number of nitrogens with zero attached hydrogens (tertiary/aromatic N) is 1. The predicted octanol–water partition coefficient (Wildman–Crippen LogP) is 4.25. The maximum Gasteiger partial charge on any atom is 0.251 e. The number of carbonyl (C=O) groups is 1. The summed E-state index contributed by atoms with van der Waals surface area (Å²) in [5.41, 5.74) is 1.80. The Bertz CT molecular complexity index is 788. The molecule has 0 fully saturated rings. The first-order valence-corrected chi connectivity index (χ1v) is 9.15. The summed E-state index contributed by atoms with van der Waals surface area (Å²) >= 11 is 1.80. The molecule has 1 amide bonds. The van der Waals surface area contributed by atoms with Crippen molar-refractivity contribution in [3.8, 4) is 11.5 Å². The molecule has 0 aliphatic carbocycles. The number of amides is 1. The van der Waals surface area contributed by atoms with Gasteiger partial charge in [-0.3, -0.25) is 4.79 Å². The first kappa shape index (κ1) is 17.4. The normalized spacial score (nSPS) is 14.1. The van der Waals surface area contributed by atoms with Crippen molar-refractivity contribution in [2.45, 2.75) is 11.3 Å². The SMILES string of the molecule is COc1ccc(OC)c(/C=C/C(=O)N2CCCSc3ccccc32)c1. The molecule has 2 aromatic rings. The van der Waals surface area contributed by atoms with Crippen LogP contribution in [-0.2, 0) is 4.79 Å². The van der Waals surface area contributed by atoms with Crippen LogP contribution in [0.25, 0.3) is 6.08 Å². The number of anilines is 1. The van der Waals surface area contributed by atoms with E-state index in [0.717, 1.165) is 40.6 Å². The Morgan fingerprint density at radius 1 is 1.16 bits per heavy atom. The molecule has 5 heteroatoms. The molecule has 0 aromatic heterocycles. The van der Waals surface area contributed by atoms with Crippen LogP contribution in [0.4, 0.5) is 5.69 Å². The van der Waals surface area contributed by atoms with Crippen molar-refractivity contribution in [1.82, 2.24) is 0 Å². The van der Waals surface area contributed by atoms with Crippen molar-refractivity contribution < 1.29 is 14.3 Å². The van der Waals surface area contributed by atoms with Crippen molar-refractivity contribution in [3.63, 3.8) is 0 Å². The van der Waals surface area contributed by atoms with Crippen LogP contribution in [0.2, 0.25) is 0 Å². The molecule has 1 aliphatic rings. The van der Waals surface area contributed by atoms with Gasteiger partial charge in [0.25, 0.3) is 5.91 Å². The molecule has 3 rings (SSSR count). The highest BCUT2D eigenvalue weighted by Crippen LogP contribution is 2.34. The molecule has 0 radical (unpaired) electrons. The number of hydrogen-bond acceptors (Lipinski definition) is 4. The highest BCUT2D eigenvalue weighted by atomic mass is 32.2. The van der Waals surface area contributed by atoms with Gasteiger partial charge in [0, 0.05) is 23.1 Å². The molecule has 0 N–H and O–H groups in total. The third-order valence-corrected chi connectivity index (χ3v) is 5.20. The summed E-state index contributed by atoms with van der Waals surface area (Å²) in [6.07, 6.45) is 4.36. The van der Waals surface area contributed by atoms with E-state index in [-0.39, 0.29) is 5.91 Å². The number of benzene rings is 2. The van der Waals surface area contributed by atoms with Gasteiger partial charge in [0.1, 0.15) is 11.5 Å². The summed E-state index contributed by atoms with van der Waals surface area (Å²) in [5, 5.41) is 0. The Morgan fingerprint density at radius 3 is 2.80 bits per heavy atom. The molecule has 4 nitrogen and oxygen atoms in total. The Labute approximate surface area is 152 Å². The van der Waals surface area contributed by atoms with E-state index in [1.807, 2.05) is 41.3 Å². The van der Waals surface area contributed by atoms with Gasteiger partial charge in [0.2, 0.25) is 0 Å². The van der Waals surface area contributed by atoms with Crippen LogP contribution in [0.3, 0.4) is 0 Å². The summed E-state index contributed by atoms with van der Waals surface area (Å²) in [6.45, 7) is 0.725. The minimum Gasteiger partial charge on any atom is -0.497 e. The summed E-state index contributed by atoms with van der Waals surface area (Å²) < 4.78 is 10.6. The molecule has 25 heavy (non-hydrogen) atoms. The molecular formula is C20H21NO3S. The van der Waals surface area contributed by atoms with Crippen molar-refractivity contribution in [2.75, 3.05) is 31.4 Å². The topological polar surface area (TPSA) is 38.8 Å². The van der Waals surface area contributed by atoms with Gasteiger partial charge in [-0.15, -0.1) is 11.8 Å². The van der Waals surface area contributed by atoms with E-state index in [1.54, 1.807) is 38.1 Å². The summed E-state index contributed by atoms with van der Waals surface area (Å²) in [6, 6.07) is 13.6. The zero-order valence-corrected chi connectivity index (χ0v) is 15.2. The average molecular weight is 355 g/mol. The molecule has 0 saturated carbocycles. The van der Waals surface area contributed by atoms with Crippen LogP contribution < -0.4 is 14.4 Å². The van der Waals surface area contributed by atoms with E-state index in [2.05, 4.69) is 6.07 Å². The van der Waals surface area contributed by atoms with Crippen LogP contribution in [0.5, 0.6) is 11.5 Å². The third kappa shape index (κ3) is 3.99. The average Bonchev–Trinajstić information content (AvgIpc) is 2.88. The number of hydrogen-bond donors (Lipinski definition) is 0. The van der Waals surface area contributed by atoms with Crippen molar-refractivity contribution in [1.29, 1.82) is 0 Å². The van der Waals surface area contributed by atoms with E-state index in [1.165, 1.54) is 0 Å². The van der Waals surface area contributed by atoms with Gasteiger partial charge >= 0.3 is 0 Å². The van der Waals surface area contributed by atoms with Crippen molar-refractivity contribution in [3.05, 3.63) is 54.1 Å². The highest BCUT2D eigenvalue weighted by molar-refractivity contribution is 7.99. The molecule has 1 heterocycles. The van der Waals surface area contributed by atoms with E-state index < -0.39 is 0 Å². The van der Waals surface area contributed by atoms with Crippen LogP contribution in [-0.4, -0.2) is 32.4 Å². The summed E-state index contributed by atoms with van der Waals surface area (Å²) in [7, 11) is 3.23. The number of carbonyl (C=O) groups excluding carboxylic acids is 1. The molecule has 0 spiro atoms. The first-order chi connectivity index (χ1) is 12.2. The lowest BCUT2D eigenvalue weighted by atomic mass is 10.1. The second-order valence-electron chi connectivity index (χ2n) is 5.60. The molecular weight excluding hydrogens is 334 g/mol. The van der Waals surface area contributed by atoms with Crippen LogP contribution in [0.1, 0.15) is 12.0 Å². The fraction of sp³-hybridized carbons (Fsp3) is 0.250. The van der Waals surface area contributed by atoms with Gasteiger partial charge in [-0.25, -0.2) is 0 Å². The Hall–Kier alpha value is -2.40. The summed E-state index contributed by atoms with van der Waals surface area (Å²) in [5.74, 6) is 2.43. The predicted molar refractivity (Wildman–Crippen MR) is 103 cm³/mol. The zero-order valence-electron chi connectivity index (χ0n) is 14.4. The second-order valence-corrected chi connectivity index (χ2v) is 6.74. The highest BCUT2D eigenvalue weighted by Gasteiger charge is 2.19. The zero-order chi connectivity index (χ0) is 17.6. The molecule has 2 aromatic carbocycles. The number of ether oxygens (including phenoxy) is 2. The third-order valence-electron chi connectivity index (χ3n) is 4.05. The minimum absolute atomic E-state index is 0.0279. The minimum atomic E-state index is -0.0279. The molecule has 0 bridgehead atoms. The second kappa shape index (κ2) is 8.12. The Morgan fingerprint density at radius 2 is 2.00 bits per heavy atom. The van der Waals surface area contributed by atoms with E-state index in [0.29, 0.717) is 5.75 Å². The Balaban J connectivity index is 1.86. The van der Waals surface area contributed by atoms with Crippen molar-refractivity contribution in [2.24, 2.45) is 0 Å².